The van der Waals surface area contributed by atoms with Crippen molar-refractivity contribution in [2.75, 3.05) is 11.9 Å². The van der Waals surface area contributed by atoms with Crippen LogP contribution >= 0.6 is 15.9 Å². The van der Waals surface area contributed by atoms with E-state index in [1.165, 1.54) is 6.07 Å². The number of carbonyl (C=O) groups is 1. The number of benzene rings is 1. The van der Waals surface area contributed by atoms with Crippen molar-refractivity contribution in [3.63, 3.8) is 0 Å². The van der Waals surface area contributed by atoms with Crippen molar-refractivity contribution in [2.45, 2.75) is 25.7 Å². The number of alkyl halides is 1. The maximum absolute atomic E-state index is 13.3. The Bertz CT molecular complexity index is 357. The van der Waals surface area contributed by atoms with Gasteiger partial charge in [-0.25, -0.2) is 4.39 Å². The summed E-state index contributed by atoms with van der Waals surface area (Å²) in [6.07, 6.45) is 3.29. The van der Waals surface area contributed by atoms with E-state index in [-0.39, 0.29) is 18.1 Å². The molecule has 94 valence electrons. The first-order valence-electron chi connectivity index (χ1n) is 5.80. The summed E-state index contributed by atoms with van der Waals surface area (Å²) in [6.45, 7) is 0.667. The van der Waals surface area contributed by atoms with Gasteiger partial charge in [0.25, 0.3) is 0 Å². The molecule has 1 rings (SSSR count). The number of carbonyl (C=O) groups excluding carboxylic acids is 1. The average molecular weight is 302 g/mol. The molecule has 17 heavy (non-hydrogen) atoms. The van der Waals surface area contributed by atoms with Crippen LogP contribution in [0.15, 0.2) is 24.3 Å². The first-order chi connectivity index (χ1) is 8.24. The molecule has 0 aliphatic rings. The Morgan fingerprint density at radius 1 is 1.24 bits per heavy atom. The average Bonchev–Trinajstić information content (AvgIpc) is 2.32. The number of unbranched alkanes of at least 4 members (excludes halogenated alkanes) is 2. The minimum atomic E-state index is -0.318. The molecule has 1 aromatic carbocycles. The molecule has 4 heteroatoms. The molecule has 0 atom stereocenters. The Morgan fingerprint density at radius 2 is 2.00 bits per heavy atom. The highest BCUT2D eigenvalue weighted by Gasteiger charge is 2.06. The van der Waals surface area contributed by atoms with E-state index in [0.29, 0.717) is 12.1 Å². The van der Waals surface area contributed by atoms with E-state index in [2.05, 4.69) is 21.2 Å². The Labute approximate surface area is 110 Å². The molecular weight excluding hydrogens is 285 g/mol. The van der Waals surface area contributed by atoms with Gasteiger partial charge in [0.1, 0.15) is 5.82 Å². The van der Waals surface area contributed by atoms with E-state index in [9.17, 15) is 9.18 Å². The minimum absolute atomic E-state index is 0.116. The zero-order valence-corrected chi connectivity index (χ0v) is 11.3. The first-order valence-corrected chi connectivity index (χ1v) is 6.92. The predicted molar refractivity (Wildman–Crippen MR) is 70.8 cm³/mol. The zero-order chi connectivity index (χ0) is 12.5. The van der Waals surface area contributed by atoms with Crippen molar-refractivity contribution >= 4 is 21.8 Å². The molecule has 0 heterocycles. The molecule has 0 unspecified atom stereocenters. The van der Waals surface area contributed by atoms with Crippen LogP contribution in [0.4, 0.5) is 4.39 Å². The Kier molecular flexibility index (Phi) is 6.86. The van der Waals surface area contributed by atoms with Gasteiger partial charge in [-0.15, -0.1) is 0 Å². The second-order valence-electron chi connectivity index (χ2n) is 3.87. The van der Waals surface area contributed by atoms with E-state index in [4.69, 9.17) is 0 Å². The second-order valence-corrected chi connectivity index (χ2v) is 4.66. The van der Waals surface area contributed by atoms with Crippen LogP contribution in [-0.4, -0.2) is 17.8 Å². The summed E-state index contributed by atoms with van der Waals surface area (Å²) in [7, 11) is 0. The highest BCUT2D eigenvalue weighted by molar-refractivity contribution is 9.09. The summed E-state index contributed by atoms with van der Waals surface area (Å²) in [4.78, 5) is 11.5. The molecule has 0 bridgehead atoms. The van der Waals surface area contributed by atoms with Crippen molar-refractivity contribution < 1.29 is 9.18 Å². The largest absolute Gasteiger partial charge is 0.356 e. The summed E-state index contributed by atoms with van der Waals surface area (Å²) in [5, 5.41) is 3.79. The third kappa shape index (κ3) is 5.82. The quantitative estimate of drug-likeness (QED) is 0.609. The van der Waals surface area contributed by atoms with Crippen molar-refractivity contribution in [3.8, 4) is 0 Å². The summed E-state index contributed by atoms with van der Waals surface area (Å²) >= 11 is 3.35. The third-order valence-corrected chi connectivity index (χ3v) is 3.00. The molecule has 1 aromatic rings. The lowest BCUT2D eigenvalue weighted by Crippen LogP contribution is -2.26. The smallest absolute Gasteiger partial charge is 0.224 e. The number of hydrogen-bond donors (Lipinski definition) is 1. The Hall–Kier alpha value is -0.900. The topological polar surface area (TPSA) is 29.1 Å². The normalized spacial score (nSPS) is 10.2. The van der Waals surface area contributed by atoms with Gasteiger partial charge in [0.15, 0.2) is 0 Å². The van der Waals surface area contributed by atoms with Gasteiger partial charge in [-0.05, 0) is 24.5 Å². The molecule has 0 radical (unpaired) electrons. The van der Waals surface area contributed by atoms with Crippen LogP contribution in [0.25, 0.3) is 0 Å². The molecule has 0 aliphatic heterocycles. The van der Waals surface area contributed by atoms with Gasteiger partial charge < -0.3 is 5.32 Å². The molecule has 0 saturated carbocycles. The zero-order valence-electron chi connectivity index (χ0n) is 9.72. The van der Waals surface area contributed by atoms with Crippen LogP contribution in [0.1, 0.15) is 24.8 Å². The number of rotatable bonds is 7. The molecule has 0 fully saturated rings. The van der Waals surface area contributed by atoms with Crippen LogP contribution in [0.3, 0.4) is 0 Å². The second kappa shape index (κ2) is 8.23. The van der Waals surface area contributed by atoms with Gasteiger partial charge in [0.2, 0.25) is 5.91 Å². The fourth-order valence-corrected chi connectivity index (χ4v) is 1.90. The van der Waals surface area contributed by atoms with Gasteiger partial charge in [0, 0.05) is 11.9 Å². The summed E-state index contributed by atoms with van der Waals surface area (Å²) < 4.78 is 13.3. The maximum Gasteiger partial charge on any atom is 0.224 e. The van der Waals surface area contributed by atoms with Crippen LogP contribution in [-0.2, 0) is 11.2 Å². The van der Waals surface area contributed by atoms with Gasteiger partial charge in [0.05, 0.1) is 6.42 Å². The standard InChI is InChI=1S/C13H17BrFNO/c14-8-4-1-5-9-16-13(17)10-11-6-2-3-7-12(11)15/h2-3,6-7H,1,4-5,8-10H2,(H,16,17). The van der Waals surface area contributed by atoms with Gasteiger partial charge in [-0.2, -0.15) is 0 Å². The van der Waals surface area contributed by atoms with E-state index in [1.807, 2.05) is 0 Å². The molecule has 0 aromatic heterocycles. The monoisotopic (exact) mass is 301 g/mol. The maximum atomic E-state index is 13.3. The number of nitrogens with one attached hydrogen (secondary N) is 1. The van der Waals surface area contributed by atoms with Gasteiger partial charge >= 0.3 is 0 Å². The molecule has 1 N–H and O–H groups in total. The summed E-state index contributed by atoms with van der Waals surface area (Å²) in [6, 6.07) is 6.37. The molecule has 0 saturated heterocycles. The number of halogens is 2. The lowest BCUT2D eigenvalue weighted by molar-refractivity contribution is -0.120. The molecule has 1 amide bonds. The molecule has 0 spiro atoms. The predicted octanol–water partition coefficient (Wildman–Crippen LogP) is 3.05. The Morgan fingerprint density at radius 3 is 2.71 bits per heavy atom. The van der Waals surface area contributed by atoms with Crippen molar-refractivity contribution in [2.24, 2.45) is 0 Å². The Balaban J connectivity index is 2.23. The summed E-state index contributed by atoms with van der Waals surface area (Å²) in [5.41, 5.74) is 0.449. The molecule has 2 nitrogen and oxygen atoms in total. The summed E-state index contributed by atoms with van der Waals surface area (Å²) in [5.74, 6) is -0.434. The first kappa shape index (κ1) is 14.2. The van der Waals surface area contributed by atoms with Crippen LogP contribution in [0.5, 0.6) is 0 Å². The highest BCUT2D eigenvalue weighted by atomic mass is 79.9. The van der Waals surface area contributed by atoms with Gasteiger partial charge in [-0.1, -0.05) is 40.5 Å². The lowest BCUT2D eigenvalue weighted by Gasteiger charge is -2.05. The number of hydrogen-bond acceptors (Lipinski definition) is 1. The van der Waals surface area contributed by atoms with E-state index in [0.717, 1.165) is 24.6 Å². The van der Waals surface area contributed by atoms with Crippen molar-refractivity contribution in [1.82, 2.24) is 5.32 Å². The lowest BCUT2D eigenvalue weighted by atomic mass is 10.1. The highest BCUT2D eigenvalue weighted by Crippen LogP contribution is 2.06. The molecule has 0 aliphatic carbocycles. The van der Waals surface area contributed by atoms with Crippen LogP contribution in [0, 0.1) is 5.82 Å². The fraction of sp³-hybridized carbons (Fsp3) is 0.462. The van der Waals surface area contributed by atoms with E-state index >= 15 is 0 Å². The van der Waals surface area contributed by atoms with Crippen LogP contribution < -0.4 is 5.32 Å². The van der Waals surface area contributed by atoms with Crippen molar-refractivity contribution in [1.29, 1.82) is 0 Å². The van der Waals surface area contributed by atoms with Crippen molar-refractivity contribution in [3.05, 3.63) is 35.6 Å². The van der Waals surface area contributed by atoms with Gasteiger partial charge in [-0.3, -0.25) is 4.79 Å². The minimum Gasteiger partial charge on any atom is -0.356 e. The molecular formula is C13H17BrFNO. The number of amides is 1. The fourth-order valence-electron chi connectivity index (χ4n) is 1.50. The van der Waals surface area contributed by atoms with E-state index < -0.39 is 0 Å². The third-order valence-electron chi connectivity index (χ3n) is 2.44. The van der Waals surface area contributed by atoms with Crippen LogP contribution in [0.2, 0.25) is 0 Å². The SMILES string of the molecule is O=C(Cc1ccccc1F)NCCCCCBr. The van der Waals surface area contributed by atoms with E-state index in [1.54, 1.807) is 18.2 Å².